The minimum absolute atomic E-state index is 0.343. The fourth-order valence-electron chi connectivity index (χ4n) is 4.96. The van der Waals surface area contributed by atoms with Gasteiger partial charge in [-0.05, 0) is 78.7 Å². The summed E-state index contributed by atoms with van der Waals surface area (Å²) < 4.78 is 0. The van der Waals surface area contributed by atoms with Crippen LogP contribution in [-0.4, -0.2) is 34.6 Å². The molecular formula is C29H30N2O. The highest BCUT2D eigenvalue weighted by Gasteiger charge is 2.22. The highest BCUT2D eigenvalue weighted by Crippen LogP contribution is 2.34. The summed E-state index contributed by atoms with van der Waals surface area (Å²) in [4.78, 5) is 5.96. The zero-order valence-corrected chi connectivity index (χ0v) is 18.4. The molecule has 0 amide bonds. The number of aromatic hydroxyl groups is 1. The van der Waals surface area contributed by atoms with Crippen LogP contribution in [0.3, 0.4) is 0 Å². The standard InChI is InChI=1S/C29H30N2O/c32-25-13-14-29-27(20-25)28(21-30-29)24-15-18-31(19-16-24)17-7-12-26(22-8-3-1-4-9-22)23-10-5-2-6-11-23/h1-6,8-14,20-21,24,30,32H,7,15-19H2. The number of rotatable bonds is 6. The van der Waals surface area contributed by atoms with E-state index in [1.807, 2.05) is 12.1 Å². The monoisotopic (exact) mass is 422 g/mol. The van der Waals surface area contributed by atoms with Gasteiger partial charge in [0.1, 0.15) is 5.75 Å². The lowest BCUT2D eigenvalue weighted by atomic mass is 9.89. The number of hydrogen-bond acceptors (Lipinski definition) is 2. The minimum atomic E-state index is 0.343. The van der Waals surface area contributed by atoms with Gasteiger partial charge >= 0.3 is 0 Å². The molecule has 32 heavy (non-hydrogen) atoms. The van der Waals surface area contributed by atoms with Crippen molar-refractivity contribution in [3.8, 4) is 5.75 Å². The Labute approximate surface area is 190 Å². The lowest BCUT2D eigenvalue weighted by Gasteiger charge is -2.31. The Bertz CT molecular complexity index is 1140. The summed E-state index contributed by atoms with van der Waals surface area (Å²) in [5, 5.41) is 11.1. The molecular weight excluding hydrogens is 392 g/mol. The van der Waals surface area contributed by atoms with Gasteiger partial charge in [0.05, 0.1) is 0 Å². The summed E-state index contributed by atoms with van der Waals surface area (Å²) >= 11 is 0. The normalized spacial score (nSPS) is 15.1. The number of benzene rings is 3. The van der Waals surface area contributed by atoms with Gasteiger partial charge < -0.3 is 15.0 Å². The lowest BCUT2D eigenvalue weighted by molar-refractivity contribution is 0.216. The van der Waals surface area contributed by atoms with Gasteiger partial charge in [0.2, 0.25) is 0 Å². The van der Waals surface area contributed by atoms with Gasteiger partial charge in [0, 0.05) is 23.6 Å². The summed E-state index contributed by atoms with van der Waals surface area (Å²) in [6.45, 7) is 3.33. The molecule has 1 aromatic heterocycles. The van der Waals surface area contributed by atoms with Crippen molar-refractivity contribution in [1.82, 2.24) is 9.88 Å². The number of H-pyrrole nitrogens is 1. The second kappa shape index (κ2) is 9.46. The summed E-state index contributed by atoms with van der Waals surface area (Å²) in [5.74, 6) is 0.900. The number of phenolic OH excluding ortho intramolecular Hbond substituents is 1. The average molecular weight is 423 g/mol. The fraction of sp³-hybridized carbons (Fsp3) is 0.241. The highest BCUT2D eigenvalue weighted by molar-refractivity contribution is 5.85. The number of likely N-dealkylation sites (tertiary alicyclic amines) is 1. The lowest BCUT2D eigenvalue weighted by Crippen LogP contribution is -2.33. The van der Waals surface area contributed by atoms with Gasteiger partial charge in [0.15, 0.2) is 0 Å². The topological polar surface area (TPSA) is 39.3 Å². The van der Waals surface area contributed by atoms with Crippen LogP contribution in [0.1, 0.15) is 41.9 Å². The van der Waals surface area contributed by atoms with E-state index < -0.39 is 0 Å². The third kappa shape index (κ3) is 4.49. The third-order valence-electron chi connectivity index (χ3n) is 6.69. The fourth-order valence-corrected chi connectivity index (χ4v) is 4.96. The quantitative estimate of drug-likeness (QED) is 0.369. The Balaban J connectivity index is 1.23. The second-order valence-electron chi connectivity index (χ2n) is 8.73. The van der Waals surface area contributed by atoms with Gasteiger partial charge in [-0.2, -0.15) is 0 Å². The number of piperidine rings is 1. The summed E-state index contributed by atoms with van der Waals surface area (Å²) in [7, 11) is 0. The largest absolute Gasteiger partial charge is 0.508 e. The molecule has 3 aromatic carbocycles. The van der Waals surface area contributed by atoms with E-state index in [1.165, 1.54) is 27.6 Å². The van der Waals surface area contributed by atoms with E-state index in [-0.39, 0.29) is 0 Å². The maximum absolute atomic E-state index is 9.89. The van der Waals surface area contributed by atoms with Crippen LogP contribution in [0.4, 0.5) is 0 Å². The first-order chi connectivity index (χ1) is 15.8. The highest BCUT2D eigenvalue weighted by atomic mass is 16.3. The number of fused-ring (bicyclic) bond motifs is 1. The first-order valence-electron chi connectivity index (χ1n) is 11.6. The average Bonchev–Trinajstić information content (AvgIpc) is 3.26. The Morgan fingerprint density at radius 1 is 0.906 bits per heavy atom. The molecule has 4 aromatic rings. The molecule has 0 bridgehead atoms. The first-order valence-corrected chi connectivity index (χ1v) is 11.6. The van der Waals surface area contributed by atoms with Crippen molar-refractivity contribution in [3.63, 3.8) is 0 Å². The molecule has 3 heteroatoms. The molecule has 0 unspecified atom stereocenters. The van der Waals surface area contributed by atoms with Crippen molar-refractivity contribution in [2.75, 3.05) is 19.6 Å². The van der Waals surface area contributed by atoms with Crippen molar-refractivity contribution in [1.29, 1.82) is 0 Å². The van der Waals surface area contributed by atoms with Crippen molar-refractivity contribution in [3.05, 3.63) is 108 Å². The Hall–Kier alpha value is -3.30. The predicted molar refractivity (Wildman–Crippen MR) is 133 cm³/mol. The van der Waals surface area contributed by atoms with Crippen LogP contribution in [0.2, 0.25) is 0 Å². The van der Waals surface area contributed by atoms with Crippen molar-refractivity contribution in [2.24, 2.45) is 0 Å². The van der Waals surface area contributed by atoms with Crippen molar-refractivity contribution >= 4 is 16.5 Å². The maximum atomic E-state index is 9.89. The summed E-state index contributed by atoms with van der Waals surface area (Å²) in [5.41, 5.74) is 6.34. The Morgan fingerprint density at radius 3 is 2.22 bits per heavy atom. The third-order valence-corrected chi connectivity index (χ3v) is 6.69. The molecule has 5 rings (SSSR count). The second-order valence-corrected chi connectivity index (χ2v) is 8.73. The number of hydrogen-bond donors (Lipinski definition) is 2. The minimum Gasteiger partial charge on any atom is -0.508 e. The molecule has 0 aliphatic carbocycles. The molecule has 0 saturated carbocycles. The molecule has 162 valence electrons. The van der Waals surface area contributed by atoms with E-state index in [9.17, 15) is 5.11 Å². The van der Waals surface area contributed by atoms with Crippen molar-refractivity contribution in [2.45, 2.75) is 25.2 Å². The Kier molecular flexibility index (Phi) is 6.09. The number of nitrogens with zero attached hydrogens (tertiary/aromatic N) is 1. The first kappa shape index (κ1) is 20.6. The molecule has 0 atom stereocenters. The molecule has 0 spiro atoms. The van der Waals surface area contributed by atoms with Crippen molar-refractivity contribution < 1.29 is 5.11 Å². The smallest absolute Gasteiger partial charge is 0.116 e. The molecule has 1 saturated heterocycles. The van der Waals surface area contributed by atoms with Gasteiger partial charge in [0.25, 0.3) is 0 Å². The van der Waals surface area contributed by atoms with E-state index in [0.717, 1.165) is 44.4 Å². The zero-order valence-electron chi connectivity index (χ0n) is 18.4. The number of phenols is 1. The Morgan fingerprint density at radius 2 is 1.56 bits per heavy atom. The van der Waals surface area contributed by atoms with Crippen LogP contribution in [0.5, 0.6) is 5.75 Å². The van der Waals surface area contributed by atoms with Gasteiger partial charge in [-0.25, -0.2) is 0 Å². The molecule has 2 heterocycles. The van der Waals surface area contributed by atoms with E-state index in [2.05, 4.69) is 82.8 Å². The van der Waals surface area contributed by atoms with Crippen LogP contribution in [0.25, 0.3) is 16.5 Å². The van der Waals surface area contributed by atoms with Crippen LogP contribution >= 0.6 is 0 Å². The maximum Gasteiger partial charge on any atom is 0.116 e. The van der Waals surface area contributed by atoms with Gasteiger partial charge in [-0.3, -0.25) is 0 Å². The zero-order chi connectivity index (χ0) is 21.8. The van der Waals surface area contributed by atoms with Crippen LogP contribution < -0.4 is 0 Å². The number of aromatic nitrogens is 1. The molecule has 0 radical (unpaired) electrons. The molecule has 1 aliphatic rings. The van der Waals surface area contributed by atoms with Crippen LogP contribution in [-0.2, 0) is 0 Å². The predicted octanol–water partition coefficient (Wildman–Crippen LogP) is 6.57. The summed E-state index contributed by atoms with van der Waals surface area (Å²) in [6, 6.07) is 27.0. The van der Waals surface area contributed by atoms with E-state index in [4.69, 9.17) is 0 Å². The van der Waals surface area contributed by atoms with Crippen LogP contribution in [0.15, 0.2) is 91.1 Å². The molecule has 3 nitrogen and oxygen atoms in total. The van der Waals surface area contributed by atoms with E-state index in [1.54, 1.807) is 6.07 Å². The van der Waals surface area contributed by atoms with Gasteiger partial charge in [-0.1, -0.05) is 66.7 Å². The summed E-state index contributed by atoms with van der Waals surface area (Å²) in [6.07, 6.45) is 7.91. The van der Waals surface area contributed by atoms with Crippen LogP contribution in [0, 0.1) is 0 Å². The molecule has 1 fully saturated rings. The van der Waals surface area contributed by atoms with Gasteiger partial charge in [-0.15, -0.1) is 0 Å². The molecule has 1 aliphatic heterocycles. The van der Waals surface area contributed by atoms with E-state index in [0.29, 0.717) is 11.7 Å². The van der Waals surface area contributed by atoms with E-state index >= 15 is 0 Å². The molecule has 2 N–H and O–H groups in total. The SMILES string of the molecule is Oc1ccc2[nH]cc(C3CCN(CCC=C(c4ccccc4)c4ccccc4)CC3)c2c1. The number of nitrogens with one attached hydrogen (secondary N) is 1. The number of aromatic amines is 1.